The third kappa shape index (κ3) is 3.22. The molecule has 0 radical (unpaired) electrons. The van der Waals surface area contributed by atoms with Gasteiger partial charge in [-0.05, 0) is 18.9 Å². The summed E-state index contributed by atoms with van der Waals surface area (Å²) in [6.07, 6.45) is 2.30. The predicted molar refractivity (Wildman–Crippen MR) is 82.8 cm³/mol. The van der Waals surface area contributed by atoms with Gasteiger partial charge < -0.3 is 20.1 Å². The average Bonchev–Trinajstić information content (AvgIpc) is 2.56. The Labute approximate surface area is 125 Å². The minimum atomic E-state index is 0.620. The predicted octanol–water partition coefficient (Wildman–Crippen LogP) is 0.973. The van der Waals surface area contributed by atoms with Gasteiger partial charge in [0.2, 0.25) is 5.88 Å². The number of hydrogen-bond donors (Lipinski definition) is 1. The van der Waals surface area contributed by atoms with Crippen LogP contribution in [0.1, 0.15) is 12.8 Å². The molecule has 0 saturated carbocycles. The maximum Gasteiger partial charge on any atom is 0.215 e. The van der Waals surface area contributed by atoms with Gasteiger partial charge in [0, 0.05) is 38.3 Å². The number of morpholine rings is 1. The Bertz CT molecular complexity index is 469. The fraction of sp³-hybridized carbons (Fsp3) is 0.667. The van der Waals surface area contributed by atoms with Gasteiger partial charge in [-0.25, -0.2) is 0 Å². The lowest BCUT2D eigenvalue weighted by atomic mass is 10.0. The zero-order chi connectivity index (χ0) is 14.7. The first kappa shape index (κ1) is 14.4. The number of hydrogen-bond acceptors (Lipinski definition) is 6. The number of methoxy groups -OCH3 is 1. The molecular formula is C15H24N4O2. The van der Waals surface area contributed by atoms with Gasteiger partial charge in [0.25, 0.3) is 0 Å². The van der Waals surface area contributed by atoms with Gasteiger partial charge in [-0.1, -0.05) is 0 Å². The first-order chi connectivity index (χ1) is 10.3. The van der Waals surface area contributed by atoms with Crippen LogP contribution < -0.4 is 15.4 Å². The Morgan fingerprint density at radius 2 is 1.90 bits per heavy atom. The van der Waals surface area contributed by atoms with Crippen LogP contribution in [0, 0.1) is 0 Å². The Kier molecular flexibility index (Phi) is 4.45. The maximum atomic E-state index is 6.07. The second kappa shape index (κ2) is 6.49. The quantitative estimate of drug-likeness (QED) is 0.896. The van der Waals surface area contributed by atoms with Crippen molar-refractivity contribution in [2.75, 3.05) is 57.1 Å². The molecule has 0 unspecified atom stereocenters. The maximum absolute atomic E-state index is 6.07. The summed E-state index contributed by atoms with van der Waals surface area (Å²) in [6, 6.07) is 4.34. The standard InChI is InChI=1S/C15H24N4O2/c1-20-14-3-2-13(16)15(17-14)19-6-4-12(5-7-19)18-8-10-21-11-9-18/h2-3,12H,4-11,16H2,1H3. The normalized spacial score (nSPS) is 21.5. The van der Waals surface area contributed by atoms with Gasteiger partial charge >= 0.3 is 0 Å². The summed E-state index contributed by atoms with van der Waals surface area (Å²) in [4.78, 5) is 9.33. The third-order valence-corrected chi connectivity index (χ3v) is 4.41. The molecule has 0 spiro atoms. The van der Waals surface area contributed by atoms with Crippen LogP contribution in [0.25, 0.3) is 0 Å². The van der Waals surface area contributed by atoms with Gasteiger partial charge in [-0.2, -0.15) is 4.98 Å². The van der Waals surface area contributed by atoms with Gasteiger partial charge in [0.05, 0.1) is 26.0 Å². The van der Waals surface area contributed by atoms with Crippen LogP contribution in [0.2, 0.25) is 0 Å². The Morgan fingerprint density at radius 1 is 1.19 bits per heavy atom. The Hall–Kier alpha value is -1.53. The molecule has 0 atom stereocenters. The molecule has 2 saturated heterocycles. The zero-order valence-electron chi connectivity index (χ0n) is 12.6. The molecule has 0 aromatic carbocycles. The number of ether oxygens (including phenoxy) is 2. The summed E-state index contributed by atoms with van der Waals surface area (Å²) in [6.45, 7) is 5.84. The van der Waals surface area contributed by atoms with E-state index in [1.54, 1.807) is 13.2 Å². The highest BCUT2D eigenvalue weighted by molar-refractivity contribution is 5.63. The number of piperidine rings is 1. The second-order valence-corrected chi connectivity index (χ2v) is 5.63. The fourth-order valence-corrected chi connectivity index (χ4v) is 3.19. The van der Waals surface area contributed by atoms with Gasteiger partial charge in [0.15, 0.2) is 5.82 Å². The summed E-state index contributed by atoms with van der Waals surface area (Å²) < 4.78 is 10.6. The van der Waals surface area contributed by atoms with Crippen molar-refractivity contribution >= 4 is 11.5 Å². The monoisotopic (exact) mass is 292 g/mol. The van der Waals surface area contributed by atoms with E-state index in [9.17, 15) is 0 Å². The number of pyridine rings is 1. The van der Waals surface area contributed by atoms with E-state index in [1.807, 2.05) is 6.07 Å². The van der Waals surface area contributed by atoms with E-state index in [0.717, 1.165) is 63.7 Å². The molecule has 1 aromatic heterocycles. The summed E-state index contributed by atoms with van der Waals surface area (Å²) >= 11 is 0. The van der Waals surface area contributed by atoms with Gasteiger partial charge in [-0.3, -0.25) is 4.90 Å². The molecule has 6 nitrogen and oxygen atoms in total. The van der Waals surface area contributed by atoms with Crippen molar-refractivity contribution in [2.45, 2.75) is 18.9 Å². The molecule has 0 amide bonds. The zero-order valence-corrected chi connectivity index (χ0v) is 12.6. The first-order valence-corrected chi connectivity index (χ1v) is 7.65. The third-order valence-electron chi connectivity index (χ3n) is 4.41. The van der Waals surface area contributed by atoms with Crippen LogP contribution in [-0.4, -0.2) is 62.4 Å². The lowest BCUT2D eigenvalue weighted by Crippen LogP contribution is -2.49. The summed E-state index contributed by atoms with van der Waals surface area (Å²) in [5.41, 5.74) is 6.79. The van der Waals surface area contributed by atoms with Gasteiger partial charge in [-0.15, -0.1) is 0 Å². The highest BCUT2D eigenvalue weighted by Gasteiger charge is 2.27. The van der Waals surface area contributed by atoms with Crippen molar-refractivity contribution in [3.63, 3.8) is 0 Å². The van der Waals surface area contributed by atoms with E-state index in [4.69, 9.17) is 15.2 Å². The fourth-order valence-electron chi connectivity index (χ4n) is 3.19. The molecule has 2 aliphatic rings. The number of rotatable bonds is 3. The largest absolute Gasteiger partial charge is 0.481 e. The summed E-state index contributed by atoms with van der Waals surface area (Å²) in [7, 11) is 1.63. The number of anilines is 2. The van der Waals surface area contributed by atoms with E-state index in [2.05, 4.69) is 14.8 Å². The van der Waals surface area contributed by atoms with Crippen molar-refractivity contribution in [3.05, 3.63) is 12.1 Å². The Morgan fingerprint density at radius 3 is 2.57 bits per heavy atom. The highest BCUT2D eigenvalue weighted by atomic mass is 16.5. The van der Waals surface area contributed by atoms with Crippen molar-refractivity contribution in [1.29, 1.82) is 0 Å². The van der Waals surface area contributed by atoms with Crippen LogP contribution in [0.15, 0.2) is 12.1 Å². The summed E-state index contributed by atoms with van der Waals surface area (Å²) in [5.74, 6) is 1.48. The molecular weight excluding hydrogens is 268 g/mol. The second-order valence-electron chi connectivity index (χ2n) is 5.63. The smallest absolute Gasteiger partial charge is 0.215 e. The van der Waals surface area contributed by atoms with Gasteiger partial charge in [0.1, 0.15) is 0 Å². The molecule has 0 aliphatic carbocycles. The van der Waals surface area contributed by atoms with E-state index >= 15 is 0 Å². The van der Waals surface area contributed by atoms with Crippen molar-refractivity contribution in [2.24, 2.45) is 0 Å². The lowest BCUT2D eigenvalue weighted by molar-refractivity contribution is 0.0115. The number of aromatic nitrogens is 1. The number of nitrogen functional groups attached to an aromatic ring is 1. The van der Waals surface area contributed by atoms with E-state index in [0.29, 0.717) is 11.9 Å². The molecule has 1 aromatic rings. The van der Waals surface area contributed by atoms with Crippen molar-refractivity contribution in [3.8, 4) is 5.88 Å². The molecule has 116 valence electrons. The van der Waals surface area contributed by atoms with Crippen LogP contribution in [0.4, 0.5) is 11.5 Å². The number of nitrogens with two attached hydrogens (primary N) is 1. The van der Waals surface area contributed by atoms with Crippen LogP contribution >= 0.6 is 0 Å². The minimum absolute atomic E-state index is 0.620. The molecule has 2 fully saturated rings. The van der Waals surface area contributed by atoms with Crippen LogP contribution in [-0.2, 0) is 4.74 Å². The molecule has 2 N–H and O–H groups in total. The molecule has 0 bridgehead atoms. The molecule has 3 rings (SSSR count). The molecule has 6 heteroatoms. The molecule has 2 aliphatic heterocycles. The van der Waals surface area contributed by atoms with E-state index in [-0.39, 0.29) is 0 Å². The lowest BCUT2D eigenvalue weighted by Gasteiger charge is -2.40. The molecule has 3 heterocycles. The number of nitrogens with zero attached hydrogens (tertiary/aromatic N) is 3. The summed E-state index contributed by atoms with van der Waals surface area (Å²) in [5, 5.41) is 0. The van der Waals surface area contributed by atoms with Crippen LogP contribution in [0.3, 0.4) is 0 Å². The Balaban J connectivity index is 1.62. The van der Waals surface area contributed by atoms with Crippen molar-refractivity contribution in [1.82, 2.24) is 9.88 Å². The van der Waals surface area contributed by atoms with E-state index < -0.39 is 0 Å². The molecule has 21 heavy (non-hydrogen) atoms. The van der Waals surface area contributed by atoms with Crippen LogP contribution in [0.5, 0.6) is 5.88 Å². The average molecular weight is 292 g/mol. The van der Waals surface area contributed by atoms with Crippen molar-refractivity contribution < 1.29 is 9.47 Å². The van der Waals surface area contributed by atoms with E-state index in [1.165, 1.54) is 0 Å². The highest BCUT2D eigenvalue weighted by Crippen LogP contribution is 2.28. The first-order valence-electron chi connectivity index (χ1n) is 7.65. The minimum Gasteiger partial charge on any atom is -0.481 e. The SMILES string of the molecule is COc1ccc(N)c(N2CCC(N3CCOCC3)CC2)n1. The topological polar surface area (TPSA) is 63.9 Å².